The molecule has 5 heteroatoms. The van der Waals surface area contributed by atoms with Crippen molar-refractivity contribution in [3.8, 4) is 22.0 Å². The first kappa shape index (κ1) is 11.5. The summed E-state index contributed by atoms with van der Waals surface area (Å²) in [5, 5.41) is 2.86. The number of furan rings is 1. The second kappa shape index (κ2) is 4.59. The number of rotatable bonds is 2. The number of halogens is 1. The summed E-state index contributed by atoms with van der Waals surface area (Å²) in [4.78, 5) is 4.55. The van der Waals surface area contributed by atoms with E-state index in [1.807, 2.05) is 41.8 Å². The van der Waals surface area contributed by atoms with E-state index in [1.165, 1.54) is 0 Å². The molecule has 3 rings (SSSR count). The van der Waals surface area contributed by atoms with Crippen LogP contribution in [0.2, 0.25) is 0 Å². The lowest BCUT2D eigenvalue weighted by Crippen LogP contribution is -1.88. The molecular weight excluding hydrogens is 312 g/mol. The SMILES string of the molecule is Nc1ccccc1-c1nc(-c2ccc(Br)o2)cs1. The second-order valence-electron chi connectivity index (χ2n) is 3.73. The van der Waals surface area contributed by atoms with Crippen LogP contribution in [0.1, 0.15) is 0 Å². The van der Waals surface area contributed by atoms with Gasteiger partial charge in [-0.1, -0.05) is 12.1 Å². The van der Waals surface area contributed by atoms with E-state index in [2.05, 4.69) is 20.9 Å². The van der Waals surface area contributed by atoms with Gasteiger partial charge in [0.1, 0.15) is 10.7 Å². The fourth-order valence-corrected chi connectivity index (χ4v) is 2.82. The van der Waals surface area contributed by atoms with Crippen molar-refractivity contribution in [3.05, 3.63) is 46.4 Å². The fourth-order valence-electron chi connectivity index (χ4n) is 1.65. The third kappa shape index (κ3) is 2.07. The van der Waals surface area contributed by atoms with Gasteiger partial charge in [0.2, 0.25) is 0 Å². The third-order valence-electron chi connectivity index (χ3n) is 2.52. The minimum Gasteiger partial charge on any atom is -0.448 e. The molecule has 90 valence electrons. The molecule has 2 heterocycles. The first-order valence-electron chi connectivity index (χ1n) is 5.30. The van der Waals surface area contributed by atoms with Crippen LogP contribution in [0.3, 0.4) is 0 Å². The van der Waals surface area contributed by atoms with E-state index in [0.29, 0.717) is 4.67 Å². The van der Waals surface area contributed by atoms with Crippen LogP contribution in [0.25, 0.3) is 22.0 Å². The zero-order chi connectivity index (χ0) is 12.5. The van der Waals surface area contributed by atoms with Gasteiger partial charge in [-0.15, -0.1) is 11.3 Å². The van der Waals surface area contributed by atoms with E-state index >= 15 is 0 Å². The Kier molecular flexibility index (Phi) is 2.93. The molecule has 0 bridgehead atoms. The quantitative estimate of drug-likeness (QED) is 0.711. The minimum absolute atomic E-state index is 0.700. The molecule has 0 spiro atoms. The normalized spacial score (nSPS) is 10.7. The van der Waals surface area contributed by atoms with Crippen molar-refractivity contribution in [3.63, 3.8) is 0 Å². The molecule has 2 N–H and O–H groups in total. The summed E-state index contributed by atoms with van der Waals surface area (Å²) >= 11 is 4.84. The van der Waals surface area contributed by atoms with Crippen LogP contribution in [0.5, 0.6) is 0 Å². The van der Waals surface area contributed by atoms with Crippen LogP contribution in [0, 0.1) is 0 Å². The van der Waals surface area contributed by atoms with E-state index in [1.54, 1.807) is 11.3 Å². The molecule has 0 saturated heterocycles. The minimum atomic E-state index is 0.700. The van der Waals surface area contributed by atoms with Gasteiger partial charge in [0, 0.05) is 16.6 Å². The highest BCUT2D eigenvalue weighted by Crippen LogP contribution is 2.33. The highest BCUT2D eigenvalue weighted by molar-refractivity contribution is 9.10. The summed E-state index contributed by atoms with van der Waals surface area (Å²) in [5.74, 6) is 0.749. The molecule has 0 aliphatic rings. The zero-order valence-corrected chi connectivity index (χ0v) is 11.7. The van der Waals surface area contributed by atoms with Gasteiger partial charge >= 0.3 is 0 Å². The number of nitrogens with zero attached hydrogens (tertiary/aromatic N) is 1. The molecule has 0 fully saturated rings. The Morgan fingerprint density at radius 3 is 2.72 bits per heavy atom. The molecule has 18 heavy (non-hydrogen) atoms. The number of hydrogen-bond acceptors (Lipinski definition) is 4. The molecule has 0 atom stereocenters. The average Bonchev–Trinajstić information content (AvgIpc) is 2.98. The molecule has 0 saturated carbocycles. The Bertz CT molecular complexity index is 690. The summed E-state index contributed by atoms with van der Waals surface area (Å²) in [6, 6.07) is 11.5. The van der Waals surface area contributed by atoms with E-state index in [0.717, 1.165) is 27.7 Å². The standard InChI is InChI=1S/C13H9BrN2OS/c14-12-6-5-11(17-12)10-7-18-13(16-10)8-3-1-2-4-9(8)15/h1-7H,15H2. The topological polar surface area (TPSA) is 52.0 Å². The zero-order valence-electron chi connectivity index (χ0n) is 9.26. The molecule has 2 aromatic heterocycles. The van der Waals surface area contributed by atoms with Crippen molar-refractivity contribution < 1.29 is 4.42 Å². The van der Waals surface area contributed by atoms with Crippen LogP contribution < -0.4 is 5.73 Å². The Morgan fingerprint density at radius 2 is 2.00 bits per heavy atom. The van der Waals surface area contributed by atoms with Gasteiger partial charge in [0.05, 0.1) is 0 Å². The largest absolute Gasteiger partial charge is 0.448 e. The summed E-state index contributed by atoms with van der Waals surface area (Å²) in [5.41, 5.74) is 8.46. The molecule has 0 aliphatic heterocycles. The Hall–Kier alpha value is -1.59. The van der Waals surface area contributed by atoms with Gasteiger partial charge in [-0.25, -0.2) is 4.98 Å². The van der Waals surface area contributed by atoms with Crippen molar-refractivity contribution in [1.29, 1.82) is 0 Å². The number of nitrogens with two attached hydrogens (primary N) is 1. The molecule has 0 aliphatic carbocycles. The van der Waals surface area contributed by atoms with Crippen molar-refractivity contribution >= 4 is 33.0 Å². The summed E-state index contributed by atoms with van der Waals surface area (Å²) in [6.45, 7) is 0. The van der Waals surface area contributed by atoms with Gasteiger partial charge in [-0.05, 0) is 40.2 Å². The summed E-state index contributed by atoms with van der Waals surface area (Å²) < 4.78 is 6.18. The van der Waals surface area contributed by atoms with Gasteiger partial charge in [-0.2, -0.15) is 0 Å². The number of benzene rings is 1. The number of para-hydroxylation sites is 1. The Morgan fingerprint density at radius 1 is 1.17 bits per heavy atom. The first-order valence-corrected chi connectivity index (χ1v) is 6.97. The van der Waals surface area contributed by atoms with E-state index in [-0.39, 0.29) is 0 Å². The van der Waals surface area contributed by atoms with Gasteiger partial charge in [0.15, 0.2) is 10.4 Å². The van der Waals surface area contributed by atoms with Crippen molar-refractivity contribution in [2.45, 2.75) is 0 Å². The van der Waals surface area contributed by atoms with E-state index in [4.69, 9.17) is 10.2 Å². The van der Waals surface area contributed by atoms with Crippen molar-refractivity contribution in [2.75, 3.05) is 5.73 Å². The fraction of sp³-hybridized carbons (Fsp3) is 0. The molecule has 3 nitrogen and oxygen atoms in total. The lowest BCUT2D eigenvalue weighted by Gasteiger charge is -1.99. The van der Waals surface area contributed by atoms with Crippen LogP contribution in [0.4, 0.5) is 5.69 Å². The predicted molar refractivity (Wildman–Crippen MR) is 77.4 cm³/mol. The Balaban J connectivity index is 2.02. The summed E-state index contributed by atoms with van der Waals surface area (Å²) in [7, 11) is 0. The van der Waals surface area contributed by atoms with Crippen LogP contribution in [-0.4, -0.2) is 4.98 Å². The molecule has 0 amide bonds. The van der Waals surface area contributed by atoms with E-state index < -0.39 is 0 Å². The highest BCUT2D eigenvalue weighted by atomic mass is 79.9. The lowest BCUT2D eigenvalue weighted by atomic mass is 10.2. The predicted octanol–water partition coefficient (Wildman–Crippen LogP) is 4.41. The maximum Gasteiger partial charge on any atom is 0.169 e. The van der Waals surface area contributed by atoms with E-state index in [9.17, 15) is 0 Å². The average molecular weight is 321 g/mol. The maximum absolute atomic E-state index is 5.94. The van der Waals surface area contributed by atoms with Crippen LogP contribution in [0.15, 0.2) is 50.9 Å². The summed E-state index contributed by atoms with van der Waals surface area (Å²) in [6.07, 6.45) is 0. The van der Waals surface area contributed by atoms with Gasteiger partial charge in [-0.3, -0.25) is 0 Å². The van der Waals surface area contributed by atoms with Gasteiger partial charge in [0.25, 0.3) is 0 Å². The maximum atomic E-state index is 5.94. The molecule has 0 unspecified atom stereocenters. The first-order chi connectivity index (χ1) is 8.74. The van der Waals surface area contributed by atoms with Crippen LogP contribution >= 0.6 is 27.3 Å². The monoisotopic (exact) mass is 320 g/mol. The number of thiazole rings is 1. The van der Waals surface area contributed by atoms with Gasteiger partial charge < -0.3 is 10.2 Å². The number of nitrogen functional groups attached to an aromatic ring is 1. The molecule has 0 radical (unpaired) electrons. The van der Waals surface area contributed by atoms with Crippen molar-refractivity contribution in [1.82, 2.24) is 4.98 Å². The second-order valence-corrected chi connectivity index (χ2v) is 5.37. The Labute approximate surface area is 116 Å². The number of hydrogen-bond donors (Lipinski definition) is 1. The molecular formula is C13H9BrN2OS. The molecule has 1 aromatic carbocycles. The smallest absolute Gasteiger partial charge is 0.169 e. The van der Waals surface area contributed by atoms with Crippen LogP contribution in [-0.2, 0) is 0 Å². The molecule has 3 aromatic rings. The number of anilines is 1. The van der Waals surface area contributed by atoms with Crippen molar-refractivity contribution in [2.24, 2.45) is 0 Å². The lowest BCUT2D eigenvalue weighted by molar-refractivity contribution is 0.554. The highest BCUT2D eigenvalue weighted by Gasteiger charge is 2.11. The number of aromatic nitrogens is 1. The third-order valence-corrected chi connectivity index (χ3v) is 3.82.